The Morgan fingerprint density at radius 3 is 2.52 bits per heavy atom. The fourth-order valence-electron chi connectivity index (χ4n) is 3.29. The van der Waals surface area contributed by atoms with Crippen molar-refractivity contribution in [3.8, 4) is 11.1 Å². The van der Waals surface area contributed by atoms with Gasteiger partial charge in [0.1, 0.15) is 5.65 Å². The van der Waals surface area contributed by atoms with Crippen molar-refractivity contribution in [3.63, 3.8) is 0 Å². The first-order chi connectivity index (χ1) is 11.4. The molecule has 0 aliphatic heterocycles. The van der Waals surface area contributed by atoms with Gasteiger partial charge in [-0.05, 0) is 23.1 Å². The summed E-state index contributed by atoms with van der Waals surface area (Å²) >= 11 is 0. The van der Waals surface area contributed by atoms with Crippen molar-refractivity contribution in [1.82, 2.24) is 14.4 Å². The summed E-state index contributed by atoms with van der Waals surface area (Å²) < 4.78 is 2.05. The van der Waals surface area contributed by atoms with Crippen molar-refractivity contribution in [2.45, 2.75) is 0 Å². The van der Waals surface area contributed by atoms with Crippen molar-refractivity contribution in [1.29, 1.82) is 0 Å². The molecule has 0 aliphatic carbocycles. The molecule has 3 heteroatoms. The number of rotatable bonds is 1. The summed E-state index contributed by atoms with van der Waals surface area (Å²) in [5.74, 6) is 0. The summed E-state index contributed by atoms with van der Waals surface area (Å²) in [6.45, 7) is 0. The van der Waals surface area contributed by atoms with Crippen molar-refractivity contribution >= 4 is 27.3 Å². The number of para-hydroxylation sites is 1. The van der Waals surface area contributed by atoms with Crippen LogP contribution in [0.1, 0.15) is 0 Å². The second-order valence-electron chi connectivity index (χ2n) is 5.62. The van der Waals surface area contributed by atoms with E-state index >= 15 is 0 Å². The van der Waals surface area contributed by atoms with Gasteiger partial charge in [0.05, 0.1) is 5.52 Å². The maximum absolute atomic E-state index is 4.60. The first-order valence-electron chi connectivity index (χ1n) is 7.60. The number of nitrogens with zero attached hydrogens (tertiary/aromatic N) is 3. The minimum absolute atomic E-state index is 0.984. The molecule has 0 radical (unpaired) electrons. The molecule has 108 valence electrons. The maximum Gasteiger partial charge on any atom is 0.144 e. The average Bonchev–Trinajstić information content (AvgIpc) is 3.10. The fraction of sp³-hybridized carbons (Fsp3) is 0. The molecule has 5 rings (SSSR count). The molecule has 0 saturated heterocycles. The van der Waals surface area contributed by atoms with E-state index in [0.717, 1.165) is 27.5 Å². The SMILES string of the molecule is c1cnc2c(-c3cccc4c3ccn3ccnc43)cccc2c1. The Morgan fingerprint density at radius 1 is 0.652 bits per heavy atom. The van der Waals surface area contributed by atoms with E-state index in [2.05, 4.69) is 64.7 Å². The van der Waals surface area contributed by atoms with Gasteiger partial charge in [-0.3, -0.25) is 4.98 Å². The molecule has 0 unspecified atom stereocenters. The fourth-order valence-corrected chi connectivity index (χ4v) is 3.29. The number of fused-ring (bicyclic) bond motifs is 4. The van der Waals surface area contributed by atoms with Crippen LogP contribution in [-0.2, 0) is 0 Å². The van der Waals surface area contributed by atoms with E-state index in [9.17, 15) is 0 Å². The summed E-state index contributed by atoms with van der Waals surface area (Å²) in [6.07, 6.45) is 7.72. The normalized spacial score (nSPS) is 11.5. The molecule has 5 aromatic rings. The predicted octanol–water partition coefficient (Wildman–Crippen LogP) is 4.70. The molecule has 3 heterocycles. The summed E-state index contributed by atoms with van der Waals surface area (Å²) in [5, 5.41) is 3.51. The van der Waals surface area contributed by atoms with E-state index in [1.165, 1.54) is 10.9 Å². The Balaban J connectivity index is 1.92. The van der Waals surface area contributed by atoms with Crippen LogP contribution in [0.5, 0.6) is 0 Å². The number of imidazole rings is 1. The number of hydrogen-bond acceptors (Lipinski definition) is 2. The van der Waals surface area contributed by atoms with Crippen LogP contribution < -0.4 is 0 Å². The summed E-state index contributed by atoms with van der Waals surface area (Å²) in [6, 6.07) is 18.9. The van der Waals surface area contributed by atoms with Crippen LogP contribution in [0.4, 0.5) is 0 Å². The Kier molecular flexibility index (Phi) is 2.50. The zero-order valence-electron chi connectivity index (χ0n) is 12.3. The van der Waals surface area contributed by atoms with Gasteiger partial charge in [0, 0.05) is 41.1 Å². The highest BCUT2D eigenvalue weighted by atomic mass is 15.0. The van der Waals surface area contributed by atoms with Gasteiger partial charge in [-0.25, -0.2) is 4.98 Å². The van der Waals surface area contributed by atoms with Crippen molar-refractivity contribution < 1.29 is 0 Å². The van der Waals surface area contributed by atoms with E-state index in [4.69, 9.17) is 0 Å². The van der Waals surface area contributed by atoms with Crippen LogP contribution in [0, 0.1) is 0 Å². The Labute approximate surface area is 132 Å². The van der Waals surface area contributed by atoms with Gasteiger partial charge in [0.15, 0.2) is 0 Å². The van der Waals surface area contributed by atoms with Gasteiger partial charge in [-0.15, -0.1) is 0 Å². The molecule has 0 fully saturated rings. The lowest BCUT2D eigenvalue weighted by molar-refractivity contribution is 1.20. The smallest absolute Gasteiger partial charge is 0.144 e. The molecule has 0 atom stereocenters. The third-order valence-corrected chi connectivity index (χ3v) is 4.34. The minimum atomic E-state index is 0.984. The molecule has 0 amide bonds. The van der Waals surface area contributed by atoms with Crippen molar-refractivity contribution in [2.75, 3.05) is 0 Å². The van der Waals surface area contributed by atoms with Gasteiger partial charge in [0.25, 0.3) is 0 Å². The molecular formula is C20H13N3. The Hall–Kier alpha value is -3.20. The standard InChI is InChI=1S/C20H13N3/c1-4-14-5-3-10-21-19(14)17(7-1)15-6-2-8-18-16(15)9-12-23-13-11-22-20(18)23/h1-13H. The first kappa shape index (κ1) is 12.4. The van der Waals surface area contributed by atoms with Crippen molar-refractivity contribution in [3.05, 3.63) is 79.4 Å². The van der Waals surface area contributed by atoms with Gasteiger partial charge in [-0.2, -0.15) is 0 Å². The Bertz CT molecular complexity index is 1170. The predicted molar refractivity (Wildman–Crippen MR) is 93.4 cm³/mol. The van der Waals surface area contributed by atoms with E-state index < -0.39 is 0 Å². The van der Waals surface area contributed by atoms with Crippen LogP contribution in [0.25, 0.3) is 38.4 Å². The van der Waals surface area contributed by atoms with Gasteiger partial charge in [0.2, 0.25) is 0 Å². The topological polar surface area (TPSA) is 30.2 Å². The molecule has 0 saturated carbocycles. The lowest BCUT2D eigenvalue weighted by atomic mass is 9.97. The maximum atomic E-state index is 4.60. The largest absolute Gasteiger partial charge is 0.307 e. The van der Waals surface area contributed by atoms with Crippen LogP contribution in [-0.4, -0.2) is 14.4 Å². The lowest BCUT2D eigenvalue weighted by Crippen LogP contribution is -1.89. The summed E-state index contributed by atoms with van der Waals surface area (Å²) in [5.41, 5.74) is 4.37. The van der Waals surface area contributed by atoms with Crippen LogP contribution in [0.3, 0.4) is 0 Å². The molecule has 0 spiro atoms. The number of aromatic nitrogens is 3. The van der Waals surface area contributed by atoms with Gasteiger partial charge < -0.3 is 4.40 Å². The number of benzene rings is 2. The molecule has 0 bridgehead atoms. The third-order valence-electron chi connectivity index (χ3n) is 4.34. The second kappa shape index (κ2) is 4.65. The van der Waals surface area contributed by atoms with E-state index in [0.29, 0.717) is 0 Å². The second-order valence-corrected chi connectivity index (χ2v) is 5.62. The Morgan fingerprint density at radius 2 is 1.52 bits per heavy atom. The highest BCUT2D eigenvalue weighted by Crippen LogP contribution is 2.33. The quantitative estimate of drug-likeness (QED) is 0.448. The van der Waals surface area contributed by atoms with Gasteiger partial charge in [-0.1, -0.05) is 42.5 Å². The molecular weight excluding hydrogens is 282 g/mol. The van der Waals surface area contributed by atoms with E-state index in [1.807, 2.05) is 29.1 Å². The minimum Gasteiger partial charge on any atom is -0.307 e. The van der Waals surface area contributed by atoms with Gasteiger partial charge >= 0.3 is 0 Å². The zero-order valence-corrected chi connectivity index (χ0v) is 12.3. The zero-order chi connectivity index (χ0) is 15.2. The first-order valence-corrected chi connectivity index (χ1v) is 7.60. The van der Waals surface area contributed by atoms with Crippen molar-refractivity contribution in [2.24, 2.45) is 0 Å². The van der Waals surface area contributed by atoms with E-state index in [1.54, 1.807) is 0 Å². The molecule has 3 aromatic heterocycles. The molecule has 23 heavy (non-hydrogen) atoms. The molecule has 0 N–H and O–H groups in total. The monoisotopic (exact) mass is 295 g/mol. The molecule has 2 aromatic carbocycles. The third kappa shape index (κ3) is 1.77. The lowest BCUT2D eigenvalue weighted by Gasteiger charge is -2.10. The summed E-state index contributed by atoms with van der Waals surface area (Å²) in [7, 11) is 0. The highest BCUT2D eigenvalue weighted by Gasteiger charge is 2.10. The van der Waals surface area contributed by atoms with E-state index in [-0.39, 0.29) is 0 Å². The average molecular weight is 295 g/mol. The number of hydrogen-bond donors (Lipinski definition) is 0. The molecule has 3 nitrogen and oxygen atoms in total. The number of pyridine rings is 2. The molecule has 0 aliphatic rings. The van der Waals surface area contributed by atoms with Crippen LogP contribution in [0.2, 0.25) is 0 Å². The van der Waals surface area contributed by atoms with Crippen LogP contribution in [0.15, 0.2) is 79.4 Å². The summed E-state index contributed by atoms with van der Waals surface area (Å²) in [4.78, 5) is 9.09. The highest BCUT2D eigenvalue weighted by molar-refractivity contribution is 6.07. The van der Waals surface area contributed by atoms with Crippen LogP contribution >= 0.6 is 0 Å².